The number of halogens is 1. The van der Waals surface area contributed by atoms with Crippen LogP contribution in [0.4, 0.5) is 0 Å². The summed E-state index contributed by atoms with van der Waals surface area (Å²) in [6.45, 7) is 0.522. The smallest absolute Gasteiger partial charge is 0.323 e. The van der Waals surface area contributed by atoms with E-state index in [1.54, 1.807) is 0 Å². The molecule has 0 bridgehead atoms. The van der Waals surface area contributed by atoms with Gasteiger partial charge in [-0.25, -0.2) is 8.42 Å². The lowest BCUT2D eigenvalue weighted by atomic mass is 10.2. The van der Waals surface area contributed by atoms with E-state index in [9.17, 15) is 18.3 Å². The predicted octanol–water partition coefficient (Wildman–Crippen LogP) is 0.396. The lowest BCUT2D eigenvalue weighted by Gasteiger charge is -2.32. The minimum Gasteiger partial charge on any atom is -0.495 e. The fourth-order valence-electron chi connectivity index (χ4n) is 2.16. The lowest BCUT2D eigenvalue weighted by molar-refractivity contribution is -0.141. The minimum atomic E-state index is -3.99. The molecule has 1 unspecified atom stereocenters. The summed E-state index contributed by atoms with van der Waals surface area (Å²) >= 11 is 5.82. The van der Waals surface area contributed by atoms with Gasteiger partial charge in [0.2, 0.25) is 10.0 Å². The Hall–Kier alpha value is -1.35. The van der Waals surface area contributed by atoms with E-state index in [0.717, 1.165) is 4.31 Å². The highest BCUT2D eigenvalue weighted by molar-refractivity contribution is 7.89. The fraction of sp³-hybridized carbons (Fsp3) is 0.417. The standard InChI is InChI=1S/C12H15ClN2O5S/c1-20-10-6-8(13)2-3-11(10)21(18,19)15-5-4-14-7-9(15)12(16)17/h2-3,6,9,14H,4-5,7H2,1H3,(H,16,17). The number of hydrogen-bond donors (Lipinski definition) is 2. The van der Waals surface area contributed by atoms with Gasteiger partial charge in [-0.15, -0.1) is 0 Å². The van der Waals surface area contributed by atoms with E-state index in [1.807, 2.05) is 0 Å². The normalized spacial score (nSPS) is 20.2. The molecule has 1 atom stereocenters. The van der Waals surface area contributed by atoms with Gasteiger partial charge in [-0.1, -0.05) is 11.6 Å². The van der Waals surface area contributed by atoms with Gasteiger partial charge in [0.25, 0.3) is 0 Å². The van der Waals surface area contributed by atoms with Crippen LogP contribution in [0.5, 0.6) is 5.75 Å². The zero-order chi connectivity index (χ0) is 15.6. The number of hydrogen-bond acceptors (Lipinski definition) is 5. The number of nitrogens with zero attached hydrogens (tertiary/aromatic N) is 1. The van der Waals surface area contributed by atoms with E-state index >= 15 is 0 Å². The SMILES string of the molecule is COc1cc(Cl)ccc1S(=O)(=O)N1CCNCC1C(=O)O. The van der Waals surface area contributed by atoms with Crippen molar-refractivity contribution >= 4 is 27.6 Å². The van der Waals surface area contributed by atoms with Crippen LogP contribution >= 0.6 is 11.6 Å². The van der Waals surface area contributed by atoms with E-state index in [0.29, 0.717) is 11.6 Å². The molecule has 1 heterocycles. The summed E-state index contributed by atoms with van der Waals surface area (Å²) in [5, 5.41) is 12.4. The molecule has 21 heavy (non-hydrogen) atoms. The van der Waals surface area contributed by atoms with Gasteiger partial charge in [0.15, 0.2) is 0 Å². The Morgan fingerprint density at radius 3 is 2.86 bits per heavy atom. The van der Waals surface area contributed by atoms with Crippen LogP contribution in [0.2, 0.25) is 5.02 Å². The van der Waals surface area contributed by atoms with Crippen molar-refractivity contribution in [2.75, 3.05) is 26.7 Å². The molecule has 0 amide bonds. The van der Waals surface area contributed by atoms with E-state index in [1.165, 1.54) is 25.3 Å². The summed E-state index contributed by atoms with van der Waals surface area (Å²) in [6.07, 6.45) is 0. The van der Waals surface area contributed by atoms with Gasteiger partial charge < -0.3 is 15.2 Å². The molecular formula is C12H15ClN2O5S. The third-order valence-corrected chi connectivity index (χ3v) is 5.37. The average molecular weight is 335 g/mol. The van der Waals surface area contributed by atoms with Crippen molar-refractivity contribution in [1.82, 2.24) is 9.62 Å². The van der Waals surface area contributed by atoms with Crippen LogP contribution in [0.3, 0.4) is 0 Å². The van der Waals surface area contributed by atoms with Crippen molar-refractivity contribution in [2.45, 2.75) is 10.9 Å². The molecule has 1 fully saturated rings. The number of methoxy groups -OCH3 is 1. The number of aliphatic carboxylic acids is 1. The van der Waals surface area contributed by atoms with Crippen LogP contribution in [0, 0.1) is 0 Å². The quantitative estimate of drug-likeness (QED) is 0.827. The molecule has 2 rings (SSSR count). The molecule has 0 aliphatic carbocycles. The van der Waals surface area contributed by atoms with Crippen molar-refractivity contribution in [2.24, 2.45) is 0 Å². The molecule has 1 aromatic carbocycles. The molecule has 0 radical (unpaired) electrons. The number of carbonyl (C=O) groups is 1. The Labute approximate surface area is 127 Å². The number of benzene rings is 1. The first-order chi connectivity index (χ1) is 9.87. The Bertz CT molecular complexity index is 649. The number of sulfonamides is 1. The van der Waals surface area contributed by atoms with Crippen LogP contribution in [0.1, 0.15) is 0 Å². The van der Waals surface area contributed by atoms with E-state index in [2.05, 4.69) is 5.32 Å². The number of nitrogens with one attached hydrogen (secondary N) is 1. The molecule has 2 N–H and O–H groups in total. The summed E-state index contributed by atoms with van der Waals surface area (Å²) in [6, 6.07) is 2.97. The number of piperazine rings is 1. The Balaban J connectivity index is 2.48. The van der Waals surface area contributed by atoms with Crippen molar-refractivity contribution in [3.63, 3.8) is 0 Å². The van der Waals surface area contributed by atoms with Gasteiger partial charge in [-0.3, -0.25) is 4.79 Å². The van der Waals surface area contributed by atoms with Gasteiger partial charge in [0.1, 0.15) is 16.7 Å². The largest absolute Gasteiger partial charge is 0.495 e. The second kappa shape index (κ2) is 6.18. The van der Waals surface area contributed by atoms with E-state index in [-0.39, 0.29) is 23.7 Å². The summed E-state index contributed by atoms with van der Waals surface area (Å²) in [7, 11) is -2.66. The lowest BCUT2D eigenvalue weighted by Crippen LogP contribution is -2.56. The number of ether oxygens (including phenoxy) is 1. The summed E-state index contributed by atoms with van der Waals surface area (Å²) < 4.78 is 31.4. The number of rotatable bonds is 4. The summed E-state index contributed by atoms with van der Waals surface area (Å²) in [5.74, 6) is -1.11. The zero-order valence-electron chi connectivity index (χ0n) is 11.2. The predicted molar refractivity (Wildman–Crippen MR) is 76.2 cm³/mol. The number of carboxylic acid groups (broad SMARTS) is 1. The van der Waals surface area contributed by atoms with Crippen LogP contribution < -0.4 is 10.1 Å². The highest BCUT2D eigenvalue weighted by atomic mass is 35.5. The Morgan fingerprint density at radius 1 is 1.52 bits per heavy atom. The second-order valence-corrected chi connectivity index (χ2v) is 6.76. The summed E-state index contributed by atoms with van der Waals surface area (Å²) in [4.78, 5) is 11.2. The minimum absolute atomic E-state index is 0.0600. The molecule has 1 aliphatic rings. The van der Waals surface area contributed by atoms with Gasteiger partial charge in [0.05, 0.1) is 7.11 Å². The molecular weight excluding hydrogens is 320 g/mol. The maximum atomic E-state index is 12.7. The highest BCUT2D eigenvalue weighted by Crippen LogP contribution is 2.30. The molecule has 0 spiro atoms. The number of carboxylic acids is 1. The Morgan fingerprint density at radius 2 is 2.24 bits per heavy atom. The van der Waals surface area contributed by atoms with Crippen molar-refractivity contribution in [3.05, 3.63) is 23.2 Å². The third kappa shape index (κ3) is 3.13. The van der Waals surface area contributed by atoms with Crippen LogP contribution in [-0.2, 0) is 14.8 Å². The molecule has 116 valence electrons. The monoisotopic (exact) mass is 334 g/mol. The van der Waals surface area contributed by atoms with E-state index < -0.39 is 22.0 Å². The van der Waals surface area contributed by atoms with Gasteiger partial charge >= 0.3 is 5.97 Å². The first-order valence-electron chi connectivity index (χ1n) is 6.17. The van der Waals surface area contributed by atoms with Gasteiger partial charge in [-0.2, -0.15) is 4.31 Å². The molecule has 0 aromatic heterocycles. The molecule has 1 aromatic rings. The maximum absolute atomic E-state index is 12.7. The molecule has 9 heteroatoms. The molecule has 1 saturated heterocycles. The van der Waals surface area contributed by atoms with Gasteiger partial charge in [0, 0.05) is 30.7 Å². The topological polar surface area (TPSA) is 95.9 Å². The first kappa shape index (κ1) is 16.0. The van der Waals surface area contributed by atoms with Crippen LogP contribution in [-0.4, -0.2) is 56.6 Å². The van der Waals surface area contributed by atoms with Crippen LogP contribution in [0.25, 0.3) is 0 Å². The highest BCUT2D eigenvalue weighted by Gasteiger charge is 2.38. The van der Waals surface area contributed by atoms with Crippen molar-refractivity contribution in [3.8, 4) is 5.75 Å². The average Bonchev–Trinajstić information content (AvgIpc) is 2.46. The van der Waals surface area contributed by atoms with Gasteiger partial charge in [-0.05, 0) is 12.1 Å². The fourth-order valence-corrected chi connectivity index (χ4v) is 4.05. The van der Waals surface area contributed by atoms with Crippen molar-refractivity contribution < 1.29 is 23.1 Å². The maximum Gasteiger partial charge on any atom is 0.323 e. The molecule has 0 saturated carbocycles. The first-order valence-corrected chi connectivity index (χ1v) is 7.98. The van der Waals surface area contributed by atoms with E-state index in [4.69, 9.17) is 16.3 Å². The molecule has 1 aliphatic heterocycles. The second-order valence-electron chi connectivity index (χ2n) is 4.47. The zero-order valence-corrected chi connectivity index (χ0v) is 12.8. The summed E-state index contributed by atoms with van der Waals surface area (Å²) in [5.41, 5.74) is 0. The third-order valence-electron chi connectivity index (χ3n) is 3.19. The van der Waals surface area contributed by atoms with Crippen molar-refractivity contribution in [1.29, 1.82) is 0 Å². The van der Waals surface area contributed by atoms with Crippen LogP contribution in [0.15, 0.2) is 23.1 Å². The Kier molecular flexibility index (Phi) is 4.72. The molecule has 7 nitrogen and oxygen atoms in total.